The monoisotopic (exact) mass is 391 g/mol. The van der Waals surface area contributed by atoms with Gasteiger partial charge in [-0.2, -0.15) is 0 Å². The number of rotatable bonds is 7. The number of imidazole rings is 1. The molecule has 3 atom stereocenters. The molecule has 3 rings (SSSR count). The zero-order valence-electron chi connectivity index (χ0n) is 16.3. The first-order chi connectivity index (χ1) is 13.4. The van der Waals surface area contributed by atoms with E-state index in [9.17, 15) is 19.5 Å². The number of nitrogens with one attached hydrogen (secondary N) is 2. The van der Waals surface area contributed by atoms with Crippen molar-refractivity contribution in [2.24, 2.45) is 13.0 Å². The average molecular weight is 391 g/mol. The van der Waals surface area contributed by atoms with Gasteiger partial charge in [-0.25, -0.2) is 4.98 Å². The Labute approximate surface area is 164 Å². The van der Waals surface area contributed by atoms with E-state index in [1.807, 2.05) is 17.8 Å². The molecular weight excluding hydrogens is 362 g/mol. The molecule has 1 aromatic heterocycles. The number of aliphatic hydroxyl groups excluding tert-OH is 1. The minimum atomic E-state index is -0.766. The molecular formula is C19H29N5O4. The normalized spacial score (nSPS) is 25.0. The Kier molecular flexibility index (Phi) is 6.66. The molecule has 1 aliphatic heterocycles. The van der Waals surface area contributed by atoms with Gasteiger partial charge in [-0.1, -0.05) is 0 Å². The lowest BCUT2D eigenvalue weighted by Gasteiger charge is -2.33. The van der Waals surface area contributed by atoms with E-state index in [2.05, 4.69) is 15.6 Å². The summed E-state index contributed by atoms with van der Waals surface area (Å²) in [5.41, 5.74) is 0. The van der Waals surface area contributed by atoms with Gasteiger partial charge in [-0.15, -0.1) is 0 Å². The smallest absolute Gasteiger partial charge is 0.239 e. The number of aliphatic hydroxyl groups is 1. The summed E-state index contributed by atoms with van der Waals surface area (Å²) in [7, 11) is 1.91. The van der Waals surface area contributed by atoms with Gasteiger partial charge in [-0.05, 0) is 25.7 Å². The van der Waals surface area contributed by atoms with E-state index in [0.717, 1.165) is 12.2 Å². The van der Waals surface area contributed by atoms with Gasteiger partial charge in [0.05, 0.1) is 18.7 Å². The number of amides is 3. The van der Waals surface area contributed by atoms with E-state index in [4.69, 9.17) is 0 Å². The van der Waals surface area contributed by atoms with Crippen LogP contribution in [0.1, 0.15) is 37.9 Å². The maximum absolute atomic E-state index is 12.4. The predicted octanol–water partition coefficient (Wildman–Crippen LogP) is -0.653. The van der Waals surface area contributed by atoms with Crippen molar-refractivity contribution >= 4 is 17.7 Å². The maximum Gasteiger partial charge on any atom is 0.239 e. The van der Waals surface area contributed by atoms with Crippen LogP contribution in [0.3, 0.4) is 0 Å². The van der Waals surface area contributed by atoms with Crippen molar-refractivity contribution in [1.29, 1.82) is 0 Å². The molecule has 2 heterocycles. The van der Waals surface area contributed by atoms with Gasteiger partial charge in [-0.3, -0.25) is 14.4 Å². The van der Waals surface area contributed by atoms with E-state index >= 15 is 0 Å². The third-order valence-electron chi connectivity index (χ3n) is 5.61. The van der Waals surface area contributed by atoms with Crippen molar-refractivity contribution < 1.29 is 19.5 Å². The number of carbonyl (C=O) groups excluding carboxylic acids is 3. The van der Waals surface area contributed by atoms with Crippen LogP contribution in [0.4, 0.5) is 0 Å². The lowest BCUT2D eigenvalue weighted by molar-refractivity contribution is -0.134. The Balaban J connectivity index is 1.39. The lowest BCUT2D eigenvalue weighted by atomic mass is 9.83. The van der Waals surface area contributed by atoms with Gasteiger partial charge in [0, 0.05) is 51.3 Å². The standard InChI is InChI=1S/C19H29N5O4/c1-23-10-8-20-16(23)6-7-21-19(28)13-4-5-14(15(25)11-13)22-17(26)12-24-9-2-3-18(24)27/h8,10,13-15,25H,2-7,9,11-12H2,1H3,(H,21,28)(H,22,26)/t13-,14+,15+/m0/s1. The van der Waals surface area contributed by atoms with Crippen LogP contribution in [0.2, 0.25) is 0 Å². The van der Waals surface area contributed by atoms with Gasteiger partial charge in [0.15, 0.2) is 0 Å². The number of hydrogen-bond donors (Lipinski definition) is 3. The molecule has 0 radical (unpaired) electrons. The molecule has 9 nitrogen and oxygen atoms in total. The predicted molar refractivity (Wildman–Crippen MR) is 101 cm³/mol. The second kappa shape index (κ2) is 9.18. The Morgan fingerprint density at radius 1 is 1.36 bits per heavy atom. The second-order valence-electron chi connectivity index (χ2n) is 7.67. The second-order valence-corrected chi connectivity index (χ2v) is 7.67. The SMILES string of the molecule is Cn1ccnc1CCNC(=O)[C@H]1CC[C@@H](NC(=O)CN2CCCC2=O)[C@H](O)C1. The minimum Gasteiger partial charge on any atom is -0.391 e. The first kappa shape index (κ1) is 20.3. The van der Waals surface area contributed by atoms with Crippen LogP contribution >= 0.6 is 0 Å². The van der Waals surface area contributed by atoms with Crippen LogP contribution < -0.4 is 10.6 Å². The fourth-order valence-electron chi connectivity index (χ4n) is 3.93. The molecule has 3 amide bonds. The van der Waals surface area contributed by atoms with Gasteiger partial charge < -0.3 is 25.2 Å². The van der Waals surface area contributed by atoms with E-state index < -0.39 is 6.10 Å². The summed E-state index contributed by atoms with van der Waals surface area (Å²) in [6.45, 7) is 1.15. The molecule has 3 N–H and O–H groups in total. The van der Waals surface area contributed by atoms with Crippen molar-refractivity contribution in [1.82, 2.24) is 25.1 Å². The molecule has 0 bridgehead atoms. The van der Waals surface area contributed by atoms with Crippen molar-refractivity contribution in [3.8, 4) is 0 Å². The molecule has 9 heteroatoms. The van der Waals surface area contributed by atoms with Crippen molar-refractivity contribution in [3.63, 3.8) is 0 Å². The number of nitrogens with zero attached hydrogens (tertiary/aromatic N) is 3. The summed E-state index contributed by atoms with van der Waals surface area (Å²) >= 11 is 0. The summed E-state index contributed by atoms with van der Waals surface area (Å²) in [6.07, 6.45) is 6.23. The van der Waals surface area contributed by atoms with E-state index in [1.165, 1.54) is 0 Å². The van der Waals surface area contributed by atoms with Crippen LogP contribution in [-0.2, 0) is 27.9 Å². The van der Waals surface area contributed by atoms with Crippen LogP contribution in [0, 0.1) is 5.92 Å². The molecule has 0 spiro atoms. The highest BCUT2D eigenvalue weighted by Crippen LogP contribution is 2.25. The molecule has 0 unspecified atom stereocenters. The molecule has 1 saturated heterocycles. The number of likely N-dealkylation sites (tertiary alicyclic amines) is 1. The van der Waals surface area contributed by atoms with E-state index in [1.54, 1.807) is 11.1 Å². The molecule has 2 fully saturated rings. The fraction of sp³-hybridized carbons (Fsp3) is 0.684. The van der Waals surface area contributed by atoms with Gasteiger partial charge in [0.2, 0.25) is 17.7 Å². The van der Waals surface area contributed by atoms with E-state index in [-0.39, 0.29) is 36.2 Å². The molecule has 1 aliphatic carbocycles. The van der Waals surface area contributed by atoms with Crippen LogP contribution in [0.5, 0.6) is 0 Å². The summed E-state index contributed by atoms with van der Waals surface area (Å²) in [6, 6.07) is -0.373. The zero-order valence-corrected chi connectivity index (χ0v) is 16.3. The van der Waals surface area contributed by atoms with Gasteiger partial charge in [0.25, 0.3) is 0 Å². The van der Waals surface area contributed by atoms with Crippen molar-refractivity contribution in [2.75, 3.05) is 19.6 Å². The quantitative estimate of drug-likeness (QED) is 0.571. The van der Waals surface area contributed by atoms with Crippen LogP contribution in [-0.4, -0.2) is 69.1 Å². The molecule has 154 valence electrons. The number of aromatic nitrogens is 2. The summed E-state index contributed by atoms with van der Waals surface area (Å²) in [5.74, 6) is 0.326. The molecule has 0 aromatic carbocycles. The highest BCUT2D eigenvalue weighted by Gasteiger charge is 2.34. The highest BCUT2D eigenvalue weighted by molar-refractivity contribution is 5.86. The largest absolute Gasteiger partial charge is 0.391 e. The molecule has 1 aromatic rings. The first-order valence-corrected chi connectivity index (χ1v) is 9.93. The summed E-state index contributed by atoms with van der Waals surface area (Å²) in [4.78, 5) is 41.9. The number of carbonyl (C=O) groups is 3. The Bertz CT molecular complexity index is 719. The fourth-order valence-corrected chi connectivity index (χ4v) is 3.93. The van der Waals surface area contributed by atoms with Crippen molar-refractivity contribution in [3.05, 3.63) is 18.2 Å². The Morgan fingerprint density at radius 2 is 2.18 bits per heavy atom. The topological polar surface area (TPSA) is 117 Å². The van der Waals surface area contributed by atoms with Crippen LogP contribution in [0.15, 0.2) is 12.4 Å². The summed E-state index contributed by atoms with van der Waals surface area (Å²) in [5, 5.41) is 16.1. The Hall–Kier alpha value is -2.42. The van der Waals surface area contributed by atoms with Crippen LogP contribution in [0.25, 0.3) is 0 Å². The minimum absolute atomic E-state index is 0.00150. The Morgan fingerprint density at radius 3 is 2.82 bits per heavy atom. The van der Waals surface area contributed by atoms with Gasteiger partial charge >= 0.3 is 0 Å². The molecule has 2 aliphatic rings. The van der Waals surface area contributed by atoms with Gasteiger partial charge in [0.1, 0.15) is 5.82 Å². The average Bonchev–Trinajstić information content (AvgIpc) is 3.25. The van der Waals surface area contributed by atoms with Crippen molar-refractivity contribution in [2.45, 2.75) is 50.7 Å². The maximum atomic E-state index is 12.4. The number of hydrogen-bond acceptors (Lipinski definition) is 5. The zero-order chi connectivity index (χ0) is 20.1. The molecule has 1 saturated carbocycles. The molecule has 28 heavy (non-hydrogen) atoms. The van der Waals surface area contributed by atoms with E-state index in [0.29, 0.717) is 45.2 Å². The summed E-state index contributed by atoms with van der Waals surface area (Å²) < 4.78 is 1.92. The highest BCUT2D eigenvalue weighted by atomic mass is 16.3. The third kappa shape index (κ3) is 5.09. The lowest BCUT2D eigenvalue weighted by Crippen LogP contribution is -2.51. The first-order valence-electron chi connectivity index (χ1n) is 9.93. The third-order valence-corrected chi connectivity index (χ3v) is 5.61. The number of aryl methyl sites for hydroxylation is 1.